The monoisotopic (exact) mass is 330 g/mol. The van der Waals surface area contributed by atoms with Crippen molar-refractivity contribution in [1.82, 2.24) is 4.67 Å². The van der Waals surface area contributed by atoms with E-state index in [2.05, 4.69) is 15.9 Å². The van der Waals surface area contributed by atoms with Crippen LogP contribution in [0, 0.1) is 0 Å². The summed E-state index contributed by atoms with van der Waals surface area (Å²) in [5, 5.41) is 0.759. The zero-order valence-electron chi connectivity index (χ0n) is 10.2. The highest BCUT2D eigenvalue weighted by atomic mass is 79.9. The standard InChI is InChI=1S/C12H16BrN2O2P/c1-2-8-15-12(16)10-5-3-4-6-11(10)14(9-7-13)18(15)17/h3-6,17H,2,7-9H2,1H3. The van der Waals surface area contributed by atoms with Gasteiger partial charge in [0.2, 0.25) is 8.45 Å². The number of halogens is 1. The molecular formula is C12H16BrN2O2P. The van der Waals surface area contributed by atoms with Gasteiger partial charge in [-0.3, -0.25) is 9.46 Å². The van der Waals surface area contributed by atoms with E-state index in [9.17, 15) is 9.69 Å². The molecule has 0 aliphatic carbocycles. The number of carbonyl (C=O) groups excluding carboxylic acids is 1. The number of fused-ring (bicyclic) bond motifs is 1. The minimum absolute atomic E-state index is 0.0631. The highest BCUT2D eigenvalue weighted by Crippen LogP contribution is 2.49. The van der Waals surface area contributed by atoms with E-state index in [0.29, 0.717) is 18.7 Å². The Morgan fingerprint density at radius 1 is 1.28 bits per heavy atom. The molecule has 1 heterocycles. The first-order valence-electron chi connectivity index (χ1n) is 5.94. The van der Waals surface area contributed by atoms with Gasteiger partial charge in [-0.15, -0.1) is 0 Å². The Morgan fingerprint density at radius 2 is 2.00 bits per heavy atom. The van der Waals surface area contributed by atoms with Crippen molar-refractivity contribution in [3.05, 3.63) is 29.8 Å². The van der Waals surface area contributed by atoms with Crippen LogP contribution in [0.5, 0.6) is 0 Å². The number of benzene rings is 1. The molecule has 0 saturated carbocycles. The summed E-state index contributed by atoms with van der Waals surface area (Å²) in [6, 6.07) is 7.47. The van der Waals surface area contributed by atoms with Gasteiger partial charge in [0.25, 0.3) is 5.91 Å². The van der Waals surface area contributed by atoms with Crippen molar-refractivity contribution in [1.29, 1.82) is 0 Å². The van der Waals surface area contributed by atoms with Crippen molar-refractivity contribution in [3.63, 3.8) is 0 Å². The van der Waals surface area contributed by atoms with Crippen molar-refractivity contribution in [2.45, 2.75) is 13.3 Å². The Morgan fingerprint density at radius 3 is 2.67 bits per heavy atom. The molecule has 1 aliphatic rings. The molecule has 4 nitrogen and oxygen atoms in total. The fourth-order valence-electron chi connectivity index (χ4n) is 2.02. The van der Waals surface area contributed by atoms with Gasteiger partial charge in [-0.05, 0) is 18.6 Å². The van der Waals surface area contributed by atoms with Crippen molar-refractivity contribution >= 4 is 36.0 Å². The summed E-state index contributed by atoms with van der Waals surface area (Å²) >= 11 is 3.39. The van der Waals surface area contributed by atoms with Gasteiger partial charge in [-0.25, -0.2) is 0 Å². The molecule has 0 spiro atoms. The number of hydrogen-bond acceptors (Lipinski definition) is 3. The maximum absolute atomic E-state index is 12.3. The van der Waals surface area contributed by atoms with E-state index in [-0.39, 0.29) is 5.91 Å². The SMILES string of the molecule is CCCN1C(=O)c2ccccc2N(CCBr)P1O. The molecule has 1 aromatic carbocycles. The highest BCUT2D eigenvalue weighted by molar-refractivity contribution is 9.09. The molecule has 18 heavy (non-hydrogen) atoms. The van der Waals surface area contributed by atoms with E-state index in [4.69, 9.17) is 0 Å². The minimum Gasteiger partial charge on any atom is -0.338 e. The Kier molecular flexibility index (Phi) is 4.60. The van der Waals surface area contributed by atoms with Crippen LogP contribution in [0.3, 0.4) is 0 Å². The second-order valence-electron chi connectivity index (χ2n) is 4.03. The Balaban J connectivity index is 2.42. The molecular weight excluding hydrogens is 315 g/mol. The van der Waals surface area contributed by atoms with Crippen molar-refractivity contribution in [2.75, 3.05) is 23.1 Å². The van der Waals surface area contributed by atoms with E-state index in [0.717, 1.165) is 17.4 Å². The number of alkyl halides is 1. The number of anilines is 1. The van der Waals surface area contributed by atoms with Gasteiger partial charge in [0.15, 0.2) is 0 Å². The molecule has 1 atom stereocenters. The lowest BCUT2D eigenvalue weighted by molar-refractivity contribution is 0.0853. The largest absolute Gasteiger partial charge is 0.338 e. The second kappa shape index (κ2) is 6.00. The molecule has 1 aromatic rings. The summed E-state index contributed by atoms with van der Waals surface area (Å²) in [6.07, 6.45) is 0.843. The molecule has 6 heteroatoms. The average molecular weight is 331 g/mol. The summed E-state index contributed by atoms with van der Waals surface area (Å²) in [5.74, 6) is -0.0631. The van der Waals surface area contributed by atoms with Gasteiger partial charge in [-0.1, -0.05) is 35.0 Å². The molecule has 1 amide bonds. The number of carbonyl (C=O) groups is 1. The lowest BCUT2D eigenvalue weighted by Gasteiger charge is -2.40. The third-order valence-electron chi connectivity index (χ3n) is 2.81. The summed E-state index contributed by atoms with van der Waals surface area (Å²) in [6.45, 7) is 3.28. The molecule has 98 valence electrons. The predicted molar refractivity (Wildman–Crippen MR) is 78.0 cm³/mol. The summed E-state index contributed by atoms with van der Waals surface area (Å²) in [4.78, 5) is 22.7. The van der Waals surface area contributed by atoms with Gasteiger partial charge >= 0.3 is 0 Å². The predicted octanol–water partition coefficient (Wildman–Crippen LogP) is 2.97. The molecule has 0 radical (unpaired) electrons. The first-order chi connectivity index (χ1) is 8.70. The fourth-order valence-corrected chi connectivity index (χ4v) is 4.20. The molecule has 0 saturated heterocycles. The average Bonchev–Trinajstić information content (AvgIpc) is 2.39. The van der Waals surface area contributed by atoms with Crippen molar-refractivity contribution in [2.24, 2.45) is 0 Å². The van der Waals surface area contributed by atoms with Crippen LogP contribution >= 0.6 is 24.4 Å². The topological polar surface area (TPSA) is 43.8 Å². The first-order valence-corrected chi connectivity index (χ1v) is 8.26. The van der Waals surface area contributed by atoms with Gasteiger partial charge in [0.05, 0.1) is 11.3 Å². The van der Waals surface area contributed by atoms with Crippen molar-refractivity contribution in [3.8, 4) is 0 Å². The van der Waals surface area contributed by atoms with Crippen LogP contribution in [0.25, 0.3) is 0 Å². The summed E-state index contributed by atoms with van der Waals surface area (Å²) in [5.41, 5.74) is 1.52. The Bertz CT molecular complexity index is 444. The van der Waals surface area contributed by atoms with E-state index in [1.165, 1.54) is 0 Å². The van der Waals surface area contributed by atoms with E-state index >= 15 is 0 Å². The van der Waals surface area contributed by atoms with Crippen LogP contribution in [-0.4, -0.2) is 33.9 Å². The van der Waals surface area contributed by atoms with Gasteiger partial charge in [0.1, 0.15) is 0 Å². The molecule has 2 rings (SSSR count). The summed E-state index contributed by atoms with van der Waals surface area (Å²) in [7, 11) is -1.57. The zero-order chi connectivity index (χ0) is 13.1. The molecule has 0 bridgehead atoms. The second-order valence-corrected chi connectivity index (χ2v) is 6.32. The number of rotatable bonds is 4. The van der Waals surface area contributed by atoms with Gasteiger partial charge < -0.3 is 9.56 Å². The van der Waals surface area contributed by atoms with Crippen molar-refractivity contribution < 1.29 is 9.69 Å². The normalized spacial score (nSPS) is 19.1. The summed E-state index contributed by atoms with van der Waals surface area (Å²) < 4.78 is 3.50. The Hall–Kier alpha value is -0.640. The first kappa shape index (κ1) is 13.8. The number of amides is 1. The van der Waals surface area contributed by atoms with E-state index in [1.807, 2.05) is 35.9 Å². The van der Waals surface area contributed by atoms with E-state index in [1.54, 1.807) is 4.67 Å². The maximum atomic E-state index is 12.3. The highest BCUT2D eigenvalue weighted by Gasteiger charge is 2.36. The lowest BCUT2D eigenvalue weighted by Crippen LogP contribution is -2.39. The maximum Gasteiger partial charge on any atom is 0.262 e. The lowest BCUT2D eigenvalue weighted by atomic mass is 10.1. The van der Waals surface area contributed by atoms with Crippen LogP contribution < -0.4 is 4.67 Å². The van der Waals surface area contributed by atoms with Crippen LogP contribution in [0.1, 0.15) is 23.7 Å². The van der Waals surface area contributed by atoms with Gasteiger partial charge in [0, 0.05) is 18.4 Å². The molecule has 1 N–H and O–H groups in total. The smallest absolute Gasteiger partial charge is 0.262 e. The van der Waals surface area contributed by atoms with E-state index < -0.39 is 8.45 Å². The van der Waals surface area contributed by atoms with Crippen LogP contribution in [0.15, 0.2) is 24.3 Å². The third kappa shape index (κ3) is 2.40. The van der Waals surface area contributed by atoms with Crippen LogP contribution in [0.4, 0.5) is 5.69 Å². The molecule has 0 fully saturated rings. The quantitative estimate of drug-likeness (QED) is 0.681. The number of nitrogens with zero attached hydrogens (tertiary/aromatic N) is 2. The molecule has 0 aromatic heterocycles. The fraction of sp³-hybridized carbons (Fsp3) is 0.417. The van der Waals surface area contributed by atoms with Gasteiger partial charge in [-0.2, -0.15) is 0 Å². The zero-order valence-corrected chi connectivity index (χ0v) is 12.7. The molecule has 1 aliphatic heterocycles. The minimum atomic E-state index is -1.57. The van der Waals surface area contributed by atoms with Crippen LogP contribution in [0.2, 0.25) is 0 Å². The molecule has 1 unspecified atom stereocenters. The number of para-hydroxylation sites is 1. The number of hydrogen-bond donors (Lipinski definition) is 1. The Labute approximate surface area is 117 Å². The third-order valence-corrected chi connectivity index (χ3v) is 4.83. The van der Waals surface area contributed by atoms with Crippen LogP contribution in [-0.2, 0) is 0 Å².